The van der Waals surface area contributed by atoms with Crippen LogP contribution in [0.1, 0.15) is 5.56 Å². The summed E-state index contributed by atoms with van der Waals surface area (Å²) >= 11 is 0. The first-order valence-corrected chi connectivity index (χ1v) is 5.52. The third-order valence-electron chi connectivity index (χ3n) is 1.23. The molecule has 0 amide bonds. The predicted octanol–water partition coefficient (Wildman–Crippen LogP) is 0.570. The normalized spacial score (nSPS) is 11.8. The summed E-state index contributed by atoms with van der Waals surface area (Å²) in [5, 5.41) is 3.55. The summed E-state index contributed by atoms with van der Waals surface area (Å²) in [7, 11) is -3.24. The second-order valence-electron chi connectivity index (χ2n) is 2.53. The molecule has 70 valence electrons. The second-order valence-corrected chi connectivity index (χ2v) is 4.26. The van der Waals surface area contributed by atoms with Crippen molar-refractivity contribution >= 4 is 16.2 Å². The van der Waals surface area contributed by atoms with Crippen LogP contribution in [0.25, 0.3) is 0 Å². The molecule has 0 saturated heterocycles. The van der Waals surface area contributed by atoms with Gasteiger partial charge in [-0.1, -0.05) is 30.3 Å². The Morgan fingerprint density at radius 3 is 2.46 bits per heavy atom. The van der Waals surface area contributed by atoms with Crippen molar-refractivity contribution in [1.82, 2.24) is 4.83 Å². The minimum atomic E-state index is -3.24. The van der Waals surface area contributed by atoms with Gasteiger partial charge in [0, 0.05) is 0 Å². The van der Waals surface area contributed by atoms with Gasteiger partial charge in [-0.3, -0.25) is 0 Å². The Hall–Kier alpha value is -1.36. The molecule has 0 radical (unpaired) electrons. The molecule has 1 aromatic carbocycles. The molecular weight excluding hydrogens is 188 g/mol. The van der Waals surface area contributed by atoms with Gasteiger partial charge in [-0.15, -0.1) is 0 Å². The van der Waals surface area contributed by atoms with Crippen molar-refractivity contribution in [2.45, 2.75) is 0 Å². The number of nitrogens with zero attached hydrogens (tertiary/aromatic N) is 1. The highest BCUT2D eigenvalue weighted by Crippen LogP contribution is 1.93. The van der Waals surface area contributed by atoms with Crippen molar-refractivity contribution in [2.24, 2.45) is 5.10 Å². The molecule has 0 fully saturated rings. The summed E-state index contributed by atoms with van der Waals surface area (Å²) < 4.78 is 21.2. The molecule has 0 heterocycles. The van der Waals surface area contributed by atoms with E-state index in [1.54, 1.807) is 0 Å². The fourth-order valence-corrected chi connectivity index (χ4v) is 0.980. The van der Waals surface area contributed by atoms with E-state index in [9.17, 15) is 8.42 Å². The minimum Gasteiger partial charge on any atom is -0.206 e. The molecule has 1 aromatic rings. The third-order valence-corrected chi connectivity index (χ3v) is 1.67. The van der Waals surface area contributed by atoms with E-state index in [-0.39, 0.29) is 0 Å². The molecule has 0 aliphatic rings. The topological polar surface area (TPSA) is 58.5 Å². The Morgan fingerprint density at radius 2 is 1.92 bits per heavy atom. The Morgan fingerprint density at radius 1 is 1.31 bits per heavy atom. The van der Waals surface area contributed by atoms with Gasteiger partial charge < -0.3 is 0 Å². The smallest absolute Gasteiger partial charge is 0.206 e. The van der Waals surface area contributed by atoms with Gasteiger partial charge in [0.2, 0.25) is 10.0 Å². The fraction of sp³-hybridized carbons (Fsp3) is 0.125. The van der Waals surface area contributed by atoms with Crippen LogP contribution in [0.15, 0.2) is 35.4 Å². The Kier molecular flexibility index (Phi) is 3.02. The first-order valence-electron chi connectivity index (χ1n) is 3.63. The molecule has 0 atom stereocenters. The van der Waals surface area contributed by atoms with Gasteiger partial charge in [-0.25, -0.2) is 13.2 Å². The number of rotatable bonds is 3. The van der Waals surface area contributed by atoms with Crippen LogP contribution in [-0.4, -0.2) is 20.9 Å². The Balaban J connectivity index is 2.61. The highest BCUT2D eigenvalue weighted by atomic mass is 32.2. The number of hydrogen-bond donors (Lipinski definition) is 1. The lowest BCUT2D eigenvalue weighted by molar-refractivity contribution is 0.591. The zero-order valence-corrected chi connectivity index (χ0v) is 7.95. The van der Waals surface area contributed by atoms with Crippen LogP contribution in [0.4, 0.5) is 0 Å². The molecule has 0 bridgehead atoms. The van der Waals surface area contributed by atoms with Gasteiger partial charge in [-0.2, -0.15) is 5.10 Å². The van der Waals surface area contributed by atoms with Crippen LogP contribution in [0.3, 0.4) is 0 Å². The molecule has 5 heteroatoms. The zero-order chi connectivity index (χ0) is 9.73. The maximum Gasteiger partial charge on any atom is 0.244 e. The van der Waals surface area contributed by atoms with Crippen LogP contribution in [-0.2, 0) is 10.0 Å². The maximum atomic E-state index is 10.6. The largest absolute Gasteiger partial charge is 0.244 e. The van der Waals surface area contributed by atoms with E-state index >= 15 is 0 Å². The highest BCUT2D eigenvalue weighted by molar-refractivity contribution is 7.88. The first kappa shape index (κ1) is 9.73. The first-order chi connectivity index (χ1) is 6.08. The van der Waals surface area contributed by atoms with Crippen LogP contribution >= 0.6 is 0 Å². The van der Waals surface area contributed by atoms with Gasteiger partial charge >= 0.3 is 0 Å². The molecular formula is C8H10N2O2S. The van der Waals surface area contributed by atoms with Crippen molar-refractivity contribution in [3.8, 4) is 0 Å². The van der Waals surface area contributed by atoms with Crippen molar-refractivity contribution in [3.05, 3.63) is 35.9 Å². The van der Waals surface area contributed by atoms with E-state index < -0.39 is 10.0 Å². The van der Waals surface area contributed by atoms with Crippen LogP contribution in [0, 0.1) is 0 Å². The van der Waals surface area contributed by atoms with Gasteiger partial charge in [0.15, 0.2) is 0 Å². The molecule has 0 saturated carbocycles. The van der Waals surface area contributed by atoms with Gasteiger partial charge in [0.05, 0.1) is 12.5 Å². The number of hydrogen-bond acceptors (Lipinski definition) is 3. The zero-order valence-electron chi connectivity index (χ0n) is 7.14. The number of benzene rings is 1. The lowest BCUT2D eigenvalue weighted by atomic mass is 10.2. The van der Waals surface area contributed by atoms with Crippen molar-refractivity contribution in [3.63, 3.8) is 0 Å². The molecule has 0 spiro atoms. The molecule has 1 N–H and O–H groups in total. The molecule has 13 heavy (non-hydrogen) atoms. The average Bonchev–Trinajstić information content (AvgIpc) is 2.04. The van der Waals surface area contributed by atoms with E-state index in [1.807, 2.05) is 35.2 Å². The monoisotopic (exact) mass is 198 g/mol. The lowest BCUT2D eigenvalue weighted by Gasteiger charge is -1.94. The summed E-state index contributed by atoms with van der Waals surface area (Å²) in [6.45, 7) is 0. The van der Waals surface area contributed by atoms with E-state index in [2.05, 4.69) is 5.10 Å². The maximum absolute atomic E-state index is 10.6. The van der Waals surface area contributed by atoms with Crippen LogP contribution < -0.4 is 4.83 Å². The average molecular weight is 198 g/mol. The second kappa shape index (κ2) is 4.04. The molecule has 0 aromatic heterocycles. The SMILES string of the molecule is CS(=O)(=O)NN=Cc1ccccc1. The number of sulfonamides is 1. The molecule has 0 aliphatic carbocycles. The van der Waals surface area contributed by atoms with Crippen LogP contribution in [0.2, 0.25) is 0 Å². The van der Waals surface area contributed by atoms with Crippen molar-refractivity contribution < 1.29 is 8.42 Å². The fourth-order valence-electron chi connectivity index (χ4n) is 0.736. The molecule has 1 rings (SSSR count). The van der Waals surface area contributed by atoms with Gasteiger partial charge in [-0.05, 0) is 5.56 Å². The van der Waals surface area contributed by atoms with Crippen molar-refractivity contribution in [2.75, 3.05) is 6.26 Å². The van der Waals surface area contributed by atoms with E-state index in [0.29, 0.717) is 0 Å². The number of hydrazone groups is 1. The summed E-state index contributed by atoms with van der Waals surface area (Å²) in [6.07, 6.45) is 2.50. The Bertz CT molecular complexity index is 384. The van der Waals surface area contributed by atoms with Gasteiger partial charge in [0.25, 0.3) is 0 Å². The highest BCUT2D eigenvalue weighted by Gasteiger charge is 1.93. The number of nitrogens with one attached hydrogen (secondary N) is 1. The lowest BCUT2D eigenvalue weighted by Crippen LogP contribution is -2.15. The van der Waals surface area contributed by atoms with E-state index in [4.69, 9.17) is 0 Å². The van der Waals surface area contributed by atoms with E-state index in [1.165, 1.54) is 6.21 Å². The summed E-state index contributed by atoms with van der Waals surface area (Å²) in [5.74, 6) is 0. The summed E-state index contributed by atoms with van der Waals surface area (Å²) in [6, 6.07) is 9.23. The molecule has 0 unspecified atom stereocenters. The molecule has 0 aliphatic heterocycles. The van der Waals surface area contributed by atoms with Crippen LogP contribution in [0.5, 0.6) is 0 Å². The predicted molar refractivity (Wildman–Crippen MR) is 52.0 cm³/mol. The quantitative estimate of drug-likeness (QED) is 0.570. The van der Waals surface area contributed by atoms with Gasteiger partial charge in [0.1, 0.15) is 0 Å². The van der Waals surface area contributed by atoms with Crippen molar-refractivity contribution in [1.29, 1.82) is 0 Å². The summed E-state index contributed by atoms with van der Waals surface area (Å²) in [5.41, 5.74) is 0.846. The summed E-state index contributed by atoms with van der Waals surface area (Å²) in [4.78, 5) is 2.01. The Labute approximate surface area is 77.3 Å². The molecule has 4 nitrogen and oxygen atoms in total. The minimum absolute atomic E-state index is 0.846. The van der Waals surface area contributed by atoms with E-state index in [0.717, 1.165) is 11.8 Å². The third kappa shape index (κ3) is 4.27. The standard InChI is InChI=1S/C8H10N2O2S/c1-13(11,12)10-9-7-8-5-3-2-4-6-8/h2-7,10H,1H3.